The first kappa shape index (κ1) is 17.6. The van der Waals surface area contributed by atoms with Crippen LogP contribution in [0.25, 0.3) is 0 Å². The highest BCUT2D eigenvalue weighted by Gasteiger charge is 2.10. The fraction of sp³-hybridized carbons (Fsp3) is 0.562. The molecule has 118 valence electrons. The number of nitrogens with zero attached hydrogens (tertiary/aromatic N) is 1. The highest BCUT2D eigenvalue weighted by molar-refractivity contribution is 5.22. The molecule has 1 aliphatic rings. The Morgan fingerprint density at radius 3 is 3.05 bits per heavy atom. The lowest BCUT2D eigenvalue weighted by Crippen LogP contribution is -2.22. The van der Waals surface area contributed by atoms with Gasteiger partial charge in [0.15, 0.2) is 5.76 Å². The van der Waals surface area contributed by atoms with Crippen molar-refractivity contribution in [2.24, 2.45) is 5.73 Å². The zero-order chi connectivity index (χ0) is 15.5. The number of nitrogens with one attached hydrogen (secondary N) is 1. The van der Waals surface area contributed by atoms with Crippen molar-refractivity contribution >= 4 is 0 Å². The van der Waals surface area contributed by atoms with Crippen LogP contribution in [0.2, 0.25) is 0 Å². The summed E-state index contributed by atoms with van der Waals surface area (Å²) in [7, 11) is 0. The second-order valence-corrected chi connectivity index (χ2v) is 4.76. The highest BCUT2D eigenvalue weighted by Crippen LogP contribution is 2.13. The van der Waals surface area contributed by atoms with E-state index in [1.807, 2.05) is 13.8 Å². The Labute approximate surface area is 126 Å². The van der Waals surface area contributed by atoms with Gasteiger partial charge in [-0.3, -0.25) is 0 Å². The largest absolute Gasteiger partial charge is 0.384 e. The molecule has 0 aromatic carbocycles. The molecule has 0 saturated heterocycles. The van der Waals surface area contributed by atoms with Crippen molar-refractivity contribution in [1.29, 1.82) is 0 Å². The van der Waals surface area contributed by atoms with E-state index in [4.69, 9.17) is 10.3 Å². The third-order valence-electron chi connectivity index (χ3n) is 3.18. The Morgan fingerprint density at radius 2 is 2.33 bits per heavy atom. The summed E-state index contributed by atoms with van der Waals surface area (Å²) in [4.78, 5) is 0. The predicted molar refractivity (Wildman–Crippen MR) is 84.7 cm³/mol. The molecule has 1 aliphatic carbocycles. The van der Waals surface area contributed by atoms with E-state index < -0.39 is 6.10 Å². The van der Waals surface area contributed by atoms with Crippen molar-refractivity contribution in [2.45, 2.75) is 45.3 Å². The van der Waals surface area contributed by atoms with Crippen LogP contribution in [0.5, 0.6) is 0 Å². The smallest absolute Gasteiger partial charge is 0.166 e. The maximum atomic E-state index is 9.78. The van der Waals surface area contributed by atoms with Crippen LogP contribution in [0.1, 0.15) is 45.0 Å². The van der Waals surface area contributed by atoms with Gasteiger partial charge in [0.05, 0.1) is 6.20 Å². The van der Waals surface area contributed by atoms with Gasteiger partial charge in [0.2, 0.25) is 0 Å². The van der Waals surface area contributed by atoms with Crippen LogP contribution in [0.4, 0.5) is 0 Å². The summed E-state index contributed by atoms with van der Waals surface area (Å²) in [6, 6.07) is 1.85. The lowest BCUT2D eigenvalue weighted by molar-refractivity contribution is 0.138. The molecule has 21 heavy (non-hydrogen) atoms. The van der Waals surface area contributed by atoms with Crippen LogP contribution in [0, 0.1) is 0 Å². The average molecular weight is 293 g/mol. The molecule has 4 N–H and O–H groups in total. The summed E-state index contributed by atoms with van der Waals surface area (Å²) in [5, 5.41) is 16.6. The first-order valence-corrected chi connectivity index (χ1v) is 7.68. The molecule has 2 rings (SSSR count). The number of aliphatic hydroxyl groups excluding tert-OH is 1. The van der Waals surface area contributed by atoms with Gasteiger partial charge < -0.3 is 20.7 Å². The second kappa shape index (κ2) is 10.3. The normalized spacial score (nSPS) is 19.2. The quantitative estimate of drug-likeness (QED) is 0.701. The number of hydrogen-bond acceptors (Lipinski definition) is 5. The summed E-state index contributed by atoms with van der Waals surface area (Å²) < 4.78 is 4.89. The van der Waals surface area contributed by atoms with Crippen molar-refractivity contribution in [3.8, 4) is 0 Å². The summed E-state index contributed by atoms with van der Waals surface area (Å²) in [6.07, 6.45) is 10.3. The minimum atomic E-state index is -0.644. The van der Waals surface area contributed by atoms with Crippen LogP contribution in [-0.2, 0) is 0 Å². The third kappa shape index (κ3) is 6.71. The van der Waals surface area contributed by atoms with E-state index >= 15 is 0 Å². The minimum absolute atomic E-state index is 0.176. The lowest BCUT2D eigenvalue weighted by Gasteiger charge is -2.09. The second-order valence-electron chi connectivity index (χ2n) is 4.76. The summed E-state index contributed by atoms with van der Waals surface area (Å²) in [5.41, 5.74) is 7.16. The van der Waals surface area contributed by atoms with E-state index in [1.54, 1.807) is 6.07 Å². The molecule has 0 radical (unpaired) electrons. The number of aromatic nitrogens is 1. The molecular weight excluding hydrogens is 266 g/mol. The van der Waals surface area contributed by atoms with E-state index in [1.165, 1.54) is 11.8 Å². The van der Waals surface area contributed by atoms with Gasteiger partial charge >= 0.3 is 0 Å². The summed E-state index contributed by atoms with van der Waals surface area (Å²) >= 11 is 0. The van der Waals surface area contributed by atoms with E-state index in [-0.39, 0.29) is 6.04 Å². The molecule has 2 unspecified atom stereocenters. The monoisotopic (exact) mass is 293 g/mol. The number of nitrogens with two attached hydrogens (primary N) is 1. The van der Waals surface area contributed by atoms with Gasteiger partial charge in [-0.2, -0.15) is 0 Å². The lowest BCUT2D eigenvalue weighted by atomic mass is 10.1. The van der Waals surface area contributed by atoms with Crippen LogP contribution < -0.4 is 11.1 Å². The molecule has 5 heteroatoms. The van der Waals surface area contributed by atoms with Crippen LogP contribution in [0.15, 0.2) is 40.6 Å². The zero-order valence-corrected chi connectivity index (χ0v) is 13.0. The predicted octanol–water partition coefficient (Wildman–Crippen LogP) is 2.32. The SMILES string of the molecule is CC.NC1C=CC(CCNCC(O)c2ccno2)=CCC1. The van der Waals surface area contributed by atoms with Crippen molar-refractivity contribution in [2.75, 3.05) is 13.1 Å². The van der Waals surface area contributed by atoms with E-state index in [0.717, 1.165) is 25.8 Å². The fourth-order valence-corrected chi connectivity index (χ4v) is 2.03. The number of rotatable bonds is 6. The van der Waals surface area contributed by atoms with Gasteiger partial charge in [0, 0.05) is 18.7 Å². The van der Waals surface area contributed by atoms with Gasteiger partial charge in [-0.1, -0.05) is 42.8 Å². The van der Waals surface area contributed by atoms with Gasteiger partial charge in [-0.05, 0) is 25.8 Å². The minimum Gasteiger partial charge on any atom is -0.384 e. The molecule has 0 fully saturated rings. The topological polar surface area (TPSA) is 84.3 Å². The van der Waals surface area contributed by atoms with Crippen molar-refractivity contribution in [3.63, 3.8) is 0 Å². The van der Waals surface area contributed by atoms with Gasteiger partial charge in [0.1, 0.15) is 6.10 Å². The Hall–Kier alpha value is -1.43. The molecule has 1 aromatic rings. The molecule has 1 heterocycles. The number of aliphatic hydroxyl groups is 1. The first-order valence-electron chi connectivity index (χ1n) is 7.68. The standard InChI is InChI=1S/C14H21N3O2.C2H6/c15-12-3-1-2-11(4-5-12)6-8-16-10-13(18)14-7-9-17-19-14;1-2/h2,4-5,7,9,12-13,16,18H,1,3,6,8,10,15H2;1-2H3. The van der Waals surface area contributed by atoms with Crippen LogP contribution in [0.3, 0.4) is 0 Å². The summed E-state index contributed by atoms with van der Waals surface area (Å²) in [6.45, 7) is 5.28. The molecule has 0 aliphatic heterocycles. The van der Waals surface area contributed by atoms with Gasteiger partial charge in [-0.15, -0.1) is 0 Å². The van der Waals surface area contributed by atoms with E-state index in [0.29, 0.717) is 12.3 Å². The molecule has 0 spiro atoms. The molecule has 5 nitrogen and oxygen atoms in total. The Balaban J connectivity index is 0.00000106. The van der Waals surface area contributed by atoms with E-state index in [2.05, 4.69) is 28.7 Å². The number of allylic oxidation sites excluding steroid dienone is 2. The van der Waals surface area contributed by atoms with Crippen LogP contribution >= 0.6 is 0 Å². The highest BCUT2D eigenvalue weighted by atomic mass is 16.5. The van der Waals surface area contributed by atoms with E-state index in [9.17, 15) is 5.11 Å². The van der Waals surface area contributed by atoms with Crippen molar-refractivity contribution in [3.05, 3.63) is 41.8 Å². The summed E-state index contributed by atoms with van der Waals surface area (Å²) in [5.74, 6) is 0.493. The maximum Gasteiger partial charge on any atom is 0.166 e. The molecular formula is C16H27N3O2. The molecule has 0 amide bonds. The van der Waals surface area contributed by atoms with Crippen LogP contribution in [-0.4, -0.2) is 29.4 Å². The average Bonchev–Trinajstić information content (AvgIpc) is 2.97. The third-order valence-corrected chi connectivity index (χ3v) is 3.18. The van der Waals surface area contributed by atoms with Gasteiger partial charge in [0.25, 0.3) is 0 Å². The Bertz CT molecular complexity index is 427. The molecule has 2 atom stereocenters. The molecule has 0 saturated carbocycles. The number of hydrogen-bond donors (Lipinski definition) is 3. The van der Waals surface area contributed by atoms with Crippen molar-refractivity contribution in [1.82, 2.24) is 10.5 Å². The molecule has 0 bridgehead atoms. The first-order chi connectivity index (χ1) is 10.3. The zero-order valence-electron chi connectivity index (χ0n) is 13.0. The maximum absolute atomic E-state index is 9.78. The molecule has 1 aromatic heterocycles. The fourth-order valence-electron chi connectivity index (χ4n) is 2.03. The Kier molecular flexibility index (Phi) is 8.66. The van der Waals surface area contributed by atoms with Gasteiger partial charge in [-0.25, -0.2) is 0 Å². The van der Waals surface area contributed by atoms with Crippen molar-refractivity contribution < 1.29 is 9.63 Å². The Morgan fingerprint density at radius 1 is 1.52 bits per heavy atom.